The first-order chi connectivity index (χ1) is 9.75. The van der Waals surface area contributed by atoms with Crippen LogP contribution in [0.25, 0.3) is 0 Å². The average Bonchev–Trinajstić information content (AvgIpc) is 2.38. The summed E-state index contributed by atoms with van der Waals surface area (Å²) in [6.07, 6.45) is -4.52. The molecule has 0 fully saturated rings. The number of benzene rings is 1. The third-order valence-electron chi connectivity index (χ3n) is 2.59. The normalized spacial score (nSPS) is 11.5. The zero-order chi connectivity index (χ0) is 15.6. The van der Waals surface area contributed by atoms with Crippen molar-refractivity contribution >= 4 is 33.3 Å². The Morgan fingerprint density at radius 1 is 1.19 bits per heavy atom. The minimum atomic E-state index is -4.52. The van der Waals surface area contributed by atoms with Crippen LogP contribution in [0, 0.1) is 5.82 Å². The quantitative estimate of drug-likeness (QED) is 0.577. The van der Waals surface area contributed by atoms with Gasteiger partial charge in [-0.3, -0.25) is 0 Å². The lowest BCUT2D eigenvalue weighted by molar-refractivity contribution is -0.137. The number of hydrogen-bond donors (Lipinski definition) is 1. The van der Waals surface area contributed by atoms with Gasteiger partial charge in [0.05, 0.1) is 5.56 Å². The Kier molecular flexibility index (Phi) is 4.73. The molecule has 0 aliphatic carbocycles. The maximum Gasteiger partial charge on any atom is 0.416 e. The van der Waals surface area contributed by atoms with Gasteiger partial charge in [-0.05, 0) is 30.3 Å². The first-order valence-electron chi connectivity index (χ1n) is 5.68. The van der Waals surface area contributed by atoms with E-state index in [0.717, 1.165) is 12.1 Å². The third-order valence-corrected chi connectivity index (χ3v) is 3.28. The van der Waals surface area contributed by atoms with E-state index in [2.05, 4.69) is 26.2 Å². The van der Waals surface area contributed by atoms with Gasteiger partial charge in [-0.25, -0.2) is 9.37 Å². The smallest absolute Gasteiger partial charge is 0.366 e. The lowest BCUT2D eigenvalue weighted by Gasteiger charge is -2.11. The first-order valence-corrected chi connectivity index (χ1v) is 6.85. The average molecular weight is 384 g/mol. The van der Waals surface area contributed by atoms with E-state index >= 15 is 0 Å². The molecule has 1 aromatic carbocycles. The highest BCUT2D eigenvalue weighted by Crippen LogP contribution is 2.32. The predicted octanol–water partition coefficient (Wildman–Crippen LogP) is 5.27. The van der Waals surface area contributed by atoms with Crippen LogP contribution in [0.2, 0.25) is 5.15 Å². The van der Waals surface area contributed by atoms with Crippen molar-refractivity contribution in [3.63, 3.8) is 0 Å². The van der Waals surface area contributed by atoms with Gasteiger partial charge in [-0.2, -0.15) is 13.2 Å². The van der Waals surface area contributed by atoms with Gasteiger partial charge >= 0.3 is 6.18 Å². The van der Waals surface area contributed by atoms with Crippen LogP contribution in [-0.4, -0.2) is 4.98 Å². The Morgan fingerprint density at radius 3 is 2.57 bits per heavy atom. The molecule has 2 aromatic rings. The molecule has 0 bridgehead atoms. The van der Waals surface area contributed by atoms with E-state index in [4.69, 9.17) is 11.6 Å². The number of nitrogens with zero attached hydrogens (tertiary/aromatic N) is 1. The minimum Gasteiger partial charge on any atom is -0.366 e. The SMILES string of the molecule is Fc1ccc(Br)cc1CNc1cc(C(F)(F)F)cc(Cl)n1. The number of alkyl halides is 3. The van der Waals surface area contributed by atoms with Crippen molar-refractivity contribution in [3.05, 3.63) is 56.9 Å². The van der Waals surface area contributed by atoms with Crippen molar-refractivity contribution in [3.8, 4) is 0 Å². The molecule has 1 aromatic heterocycles. The Morgan fingerprint density at radius 2 is 1.90 bits per heavy atom. The van der Waals surface area contributed by atoms with Crippen LogP contribution in [0.3, 0.4) is 0 Å². The summed E-state index contributed by atoms with van der Waals surface area (Å²) in [7, 11) is 0. The zero-order valence-corrected chi connectivity index (χ0v) is 12.7. The molecule has 0 saturated carbocycles. The van der Waals surface area contributed by atoms with Crippen LogP contribution in [-0.2, 0) is 12.7 Å². The van der Waals surface area contributed by atoms with E-state index in [0.29, 0.717) is 10.0 Å². The van der Waals surface area contributed by atoms with Crippen molar-refractivity contribution in [2.75, 3.05) is 5.32 Å². The van der Waals surface area contributed by atoms with Gasteiger partial charge in [0.2, 0.25) is 0 Å². The van der Waals surface area contributed by atoms with E-state index in [1.54, 1.807) is 0 Å². The fourth-order valence-corrected chi connectivity index (χ4v) is 2.23. The summed E-state index contributed by atoms with van der Waals surface area (Å²) in [5.41, 5.74) is -0.626. The zero-order valence-electron chi connectivity index (χ0n) is 10.3. The van der Waals surface area contributed by atoms with Crippen molar-refractivity contribution in [2.45, 2.75) is 12.7 Å². The lowest BCUT2D eigenvalue weighted by atomic mass is 10.2. The largest absolute Gasteiger partial charge is 0.416 e. The molecule has 8 heteroatoms. The topological polar surface area (TPSA) is 24.9 Å². The van der Waals surface area contributed by atoms with Crippen LogP contribution in [0.5, 0.6) is 0 Å². The second kappa shape index (κ2) is 6.19. The van der Waals surface area contributed by atoms with Gasteiger partial charge in [-0.1, -0.05) is 27.5 Å². The second-order valence-electron chi connectivity index (χ2n) is 4.15. The van der Waals surface area contributed by atoms with Crippen LogP contribution in [0.4, 0.5) is 23.4 Å². The van der Waals surface area contributed by atoms with Crippen LogP contribution in [0.15, 0.2) is 34.8 Å². The van der Waals surface area contributed by atoms with Crippen LogP contribution >= 0.6 is 27.5 Å². The molecule has 2 nitrogen and oxygen atoms in total. The number of hydrogen-bond acceptors (Lipinski definition) is 2. The van der Waals surface area contributed by atoms with E-state index in [1.165, 1.54) is 18.2 Å². The van der Waals surface area contributed by atoms with Gasteiger partial charge in [0, 0.05) is 16.6 Å². The molecule has 112 valence electrons. The number of anilines is 1. The van der Waals surface area contributed by atoms with E-state index in [1.807, 2.05) is 0 Å². The van der Waals surface area contributed by atoms with Crippen LogP contribution < -0.4 is 5.32 Å². The Balaban J connectivity index is 2.20. The van der Waals surface area contributed by atoms with E-state index in [9.17, 15) is 17.6 Å². The summed E-state index contributed by atoms with van der Waals surface area (Å²) in [5, 5.41) is 2.34. The van der Waals surface area contributed by atoms with Crippen molar-refractivity contribution in [2.24, 2.45) is 0 Å². The number of nitrogens with one attached hydrogen (secondary N) is 1. The molecular weight excluding hydrogens is 376 g/mol. The third kappa shape index (κ3) is 4.31. The molecule has 0 aliphatic rings. The molecular formula is C13H8BrClF4N2. The highest BCUT2D eigenvalue weighted by molar-refractivity contribution is 9.10. The second-order valence-corrected chi connectivity index (χ2v) is 5.45. The van der Waals surface area contributed by atoms with Crippen molar-refractivity contribution in [1.82, 2.24) is 4.98 Å². The highest BCUT2D eigenvalue weighted by atomic mass is 79.9. The standard InChI is InChI=1S/C13H8BrClF4N2/c14-9-1-2-10(16)7(3-9)6-20-12-5-8(13(17,18)19)4-11(15)21-12/h1-5H,6H2,(H,20,21). The maximum atomic E-state index is 13.5. The molecule has 0 spiro atoms. The molecule has 2 rings (SSSR count). The first kappa shape index (κ1) is 16.0. The Labute approximate surface area is 131 Å². The molecule has 1 N–H and O–H groups in total. The number of aromatic nitrogens is 1. The summed E-state index contributed by atoms with van der Waals surface area (Å²) in [6, 6.07) is 5.86. The monoisotopic (exact) mass is 382 g/mol. The minimum absolute atomic E-state index is 0.0179. The Hall–Kier alpha value is -1.34. The van der Waals surface area contributed by atoms with Gasteiger partial charge in [-0.15, -0.1) is 0 Å². The molecule has 0 atom stereocenters. The van der Waals surface area contributed by atoms with Gasteiger partial charge in [0.15, 0.2) is 0 Å². The van der Waals surface area contributed by atoms with E-state index in [-0.39, 0.29) is 17.5 Å². The molecule has 0 radical (unpaired) electrons. The number of pyridine rings is 1. The molecule has 0 saturated heterocycles. The molecule has 0 aliphatic heterocycles. The summed E-state index contributed by atoms with van der Waals surface area (Å²) in [6.45, 7) is -0.0179. The van der Waals surface area contributed by atoms with E-state index < -0.39 is 17.6 Å². The maximum absolute atomic E-state index is 13.5. The highest BCUT2D eigenvalue weighted by Gasteiger charge is 2.31. The number of halogens is 6. The lowest BCUT2D eigenvalue weighted by Crippen LogP contribution is -2.09. The molecule has 1 heterocycles. The van der Waals surface area contributed by atoms with Gasteiger partial charge in [0.25, 0.3) is 0 Å². The summed E-state index contributed by atoms with van der Waals surface area (Å²) < 4.78 is 52.1. The summed E-state index contributed by atoms with van der Waals surface area (Å²) in [4.78, 5) is 3.73. The molecule has 0 amide bonds. The number of rotatable bonds is 3. The fraction of sp³-hybridized carbons (Fsp3) is 0.154. The summed E-state index contributed by atoms with van der Waals surface area (Å²) in [5.74, 6) is -0.544. The van der Waals surface area contributed by atoms with Gasteiger partial charge < -0.3 is 5.32 Å². The summed E-state index contributed by atoms with van der Waals surface area (Å²) >= 11 is 8.75. The van der Waals surface area contributed by atoms with Crippen molar-refractivity contribution < 1.29 is 17.6 Å². The molecule has 0 unspecified atom stereocenters. The molecule has 21 heavy (non-hydrogen) atoms. The van der Waals surface area contributed by atoms with Crippen molar-refractivity contribution in [1.29, 1.82) is 0 Å². The Bertz CT molecular complexity index is 661. The van der Waals surface area contributed by atoms with Crippen LogP contribution in [0.1, 0.15) is 11.1 Å². The predicted molar refractivity (Wildman–Crippen MR) is 75.7 cm³/mol. The van der Waals surface area contributed by atoms with Gasteiger partial charge in [0.1, 0.15) is 16.8 Å². The fourth-order valence-electron chi connectivity index (χ4n) is 1.62.